The zero-order valence-electron chi connectivity index (χ0n) is 12.3. The Bertz CT molecular complexity index is 881. The summed E-state index contributed by atoms with van der Waals surface area (Å²) in [5, 5.41) is 3.34. The fourth-order valence-electron chi connectivity index (χ4n) is 2.29. The number of fused-ring (bicyclic) bond motifs is 1. The molecule has 4 rings (SSSR count). The van der Waals surface area contributed by atoms with Crippen LogP contribution in [0.3, 0.4) is 0 Å². The van der Waals surface area contributed by atoms with Gasteiger partial charge in [-0.1, -0.05) is 34.1 Å². The van der Waals surface area contributed by atoms with E-state index in [1.165, 1.54) is 11.8 Å². The van der Waals surface area contributed by atoms with Crippen LogP contribution in [0.4, 0.5) is 5.69 Å². The fraction of sp³-hybridized carbons (Fsp3) is 0.0588. The van der Waals surface area contributed by atoms with Crippen molar-refractivity contribution < 1.29 is 14.3 Å². The third kappa shape index (κ3) is 3.05. The largest absolute Gasteiger partial charge is 0.454 e. The molecule has 7 heteroatoms. The zero-order chi connectivity index (χ0) is 16.5. The Hall–Kier alpha value is -2.25. The lowest BCUT2D eigenvalue weighted by molar-refractivity contribution is -0.115. The van der Waals surface area contributed by atoms with Crippen LogP contribution in [-0.2, 0) is 4.79 Å². The predicted octanol–water partition coefficient (Wildman–Crippen LogP) is 4.07. The van der Waals surface area contributed by atoms with Crippen LogP contribution >= 0.6 is 27.7 Å². The Morgan fingerprint density at radius 3 is 2.71 bits per heavy atom. The maximum atomic E-state index is 12.2. The molecule has 0 aromatic heterocycles. The Morgan fingerprint density at radius 1 is 1.17 bits per heavy atom. The van der Waals surface area contributed by atoms with Crippen LogP contribution in [0.15, 0.2) is 56.8 Å². The van der Waals surface area contributed by atoms with Crippen molar-refractivity contribution in [1.82, 2.24) is 5.32 Å². The fourth-order valence-corrected chi connectivity index (χ4v) is 3.55. The number of thioether (sulfide) groups is 1. The van der Waals surface area contributed by atoms with Crippen molar-refractivity contribution >= 4 is 50.5 Å². The van der Waals surface area contributed by atoms with E-state index in [4.69, 9.17) is 9.47 Å². The molecule has 5 nitrogen and oxygen atoms in total. The van der Waals surface area contributed by atoms with Gasteiger partial charge >= 0.3 is 0 Å². The Kier molecular flexibility index (Phi) is 4.03. The molecule has 0 saturated carbocycles. The summed E-state index contributed by atoms with van der Waals surface area (Å²) < 4.78 is 11.5. The summed E-state index contributed by atoms with van der Waals surface area (Å²) in [5.41, 5.74) is 1.64. The second-order valence-electron chi connectivity index (χ2n) is 5.04. The van der Waals surface area contributed by atoms with E-state index in [0.717, 1.165) is 15.7 Å². The molecule has 120 valence electrons. The third-order valence-corrected chi connectivity index (χ3v) is 5.01. The molecule has 0 spiro atoms. The van der Waals surface area contributed by atoms with Crippen LogP contribution in [0, 0.1) is 0 Å². The highest BCUT2D eigenvalue weighted by atomic mass is 79.9. The molecule has 2 aliphatic rings. The van der Waals surface area contributed by atoms with Crippen molar-refractivity contribution in [3.63, 3.8) is 0 Å². The number of amidine groups is 1. The lowest BCUT2D eigenvalue weighted by atomic mass is 10.2. The van der Waals surface area contributed by atoms with Gasteiger partial charge in [-0.15, -0.1) is 0 Å². The minimum Gasteiger partial charge on any atom is -0.454 e. The molecule has 1 amide bonds. The molecule has 2 aromatic rings. The van der Waals surface area contributed by atoms with Crippen LogP contribution in [0.1, 0.15) is 5.56 Å². The number of nitrogens with zero attached hydrogens (tertiary/aromatic N) is 1. The van der Waals surface area contributed by atoms with E-state index in [1.54, 1.807) is 6.08 Å². The highest BCUT2D eigenvalue weighted by Gasteiger charge is 2.25. The van der Waals surface area contributed by atoms with Crippen LogP contribution in [0.5, 0.6) is 11.5 Å². The normalized spacial score (nSPS) is 19.1. The number of amides is 1. The standard InChI is InChI=1S/C17H11BrN2O3S/c18-12-8-14-13(22-9-23-14)6-10(12)7-15-16(21)20-17(24-15)19-11-4-2-1-3-5-11/h1-8H,9H2,(H,19,20,21)/b15-7-. The first-order valence-corrected chi connectivity index (χ1v) is 8.74. The molecule has 24 heavy (non-hydrogen) atoms. The van der Waals surface area contributed by atoms with Crippen molar-refractivity contribution in [3.05, 3.63) is 57.4 Å². The number of carbonyl (C=O) groups is 1. The van der Waals surface area contributed by atoms with Gasteiger partial charge < -0.3 is 14.8 Å². The molecule has 2 aliphatic heterocycles. The second kappa shape index (κ2) is 6.33. The molecular formula is C17H11BrN2O3S. The number of carbonyl (C=O) groups excluding carboxylic acids is 1. The Balaban J connectivity index is 1.62. The first-order valence-electron chi connectivity index (χ1n) is 7.13. The second-order valence-corrected chi connectivity index (χ2v) is 6.93. The van der Waals surface area contributed by atoms with Gasteiger partial charge in [0.2, 0.25) is 6.79 Å². The number of aliphatic imine (C=N–C) groups is 1. The van der Waals surface area contributed by atoms with Gasteiger partial charge in [0.05, 0.1) is 10.6 Å². The number of benzene rings is 2. The molecule has 1 saturated heterocycles. The number of hydrogen-bond donors (Lipinski definition) is 1. The molecule has 0 bridgehead atoms. The molecule has 1 N–H and O–H groups in total. The average molecular weight is 403 g/mol. The summed E-state index contributed by atoms with van der Waals surface area (Å²) in [6.07, 6.45) is 1.81. The average Bonchev–Trinajstić information content (AvgIpc) is 3.15. The van der Waals surface area contributed by atoms with Crippen LogP contribution in [0.2, 0.25) is 0 Å². The number of rotatable bonds is 2. The molecule has 0 unspecified atom stereocenters. The van der Waals surface area contributed by atoms with Crippen LogP contribution < -0.4 is 14.8 Å². The maximum Gasteiger partial charge on any atom is 0.264 e. The number of halogens is 1. The van der Waals surface area contributed by atoms with Crippen molar-refractivity contribution in [1.29, 1.82) is 0 Å². The van der Waals surface area contributed by atoms with Gasteiger partial charge in [-0.25, -0.2) is 4.99 Å². The summed E-state index contributed by atoms with van der Waals surface area (Å²) in [7, 11) is 0. The van der Waals surface area contributed by atoms with E-state index < -0.39 is 0 Å². The van der Waals surface area contributed by atoms with Gasteiger partial charge in [0.25, 0.3) is 5.91 Å². The minimum absolute atomic E-state index is 0.167. The molecular weight excluding hydrogens is 392 g/mol. The molecule has 2 heterocycles. The van der Waals surface area contributed by atoms with E-state index in [1.807, 2.05) is 42.5 Å². The monoisotopic (exact) mass is 402 g/mol. The topological polar surface area (TPSA) is 59.9 Å². The minimum atomic E-state index is -0.167. The van der Waals surface area contributed by atoms with E-state index in [-0.39, 0.29) is 12.7 Å². The number of para-hydroxylation sites is 1. The lowest BCUT2D eigenvalue weighted by Crippen LogP contribution is -2.19. The van der Waals surface area contributed by atoms with Gasteiger partial charge in [0.15, 0.2) is 16.7 Å². The van der Waals surface area contributed by atoms with Crippen molar-refractivity contribution in [2.45, 2.75) is 0 Å². The van der Waals surface area contributed by atoms with E-state index >= 15 is 0 Å². The molecule has 0 aliphatic carbocycles. The predicted molar refractivity (Wildman–Crippen MR) is 97.5 cm³/mol. The van der Waals surface area contributed by atoms with Crippen LogP contribution in [-0.4, -0.2) is 17.9 Å². The number of hydrogen-bond acceptors (Lipinski definition) is 5. The van der Waals surface area contributed by atoms with E-state index in [2.05, 4.69) is 26.2 Å². The molecule has 0 radical (unpaired) electrons. The first kappa shape index (κ1) is 15.3. The first-order chi connectivity index (χ1) is 11.7. The number of ether oxygens (including phenoxy) is 2. The van der Waals surface area contributed by atoms with E-state index in [9.17, 15) is 4.79 Å². The SMILES string of the molecule is O=C1NC(=Nc2ccccc2)S/C1=C\c1cc2c(cc1Br)OCO2. The number of nitrogens with one attached hydrogen (secondary N) is 1. The Morgan fingerprint density at radius 2 is 1.92 bits per heavy atom. The van der Waals surface area contributed by atoms with Gasteiger partial charge in [-0.3, -0.25) is 4.79 Å². The zero-order valence-corrected chi connectivity index (χ0v) is 14.7. The van der Waals surface area contributed by atoms with Crippen LogP contribution in [0.25, 0.3) is 6.08 Å². The van der Waals surface area contributed by atoms with Gasteiger partial charge in [0, 0.05) is 4.47 Å². The van der Waals surface area contributed by atoms with E-state index in [0.29, 0.717) is 21.6 Å². The maximum absolute atomic E-state index is 12.2. The summed E-state index contributed by atoms with van der Waals surface area (Å²) >= 11 is 4.80. The molecule has 1 fully saturated rings. The quantitative estimate of drug-likeness (QED) is 0.769. The summed E-state index contributed by atoms with van der Waals surface area (Å²) in [5.74, 6) is 1.20. The molecule has 0 atom stereocenters. The summed E-state index contributed by atoms with van der Waals surface area (Å²) in [6.45, 7) is 0.213. The molecule has 2 aromatic carbocycles. The summed E-state index contributed by atoms with van der Waals surface area (Å²) in [4.78, 5) is 17.2. The smallest absolute Gasteiger partial charge is 0.264 e. The van der Waals surface area contributed by atoms with Crippen molar-refractivity contribution in [2.24, 2.45) is 4.99 Å². The van der Waals surface area contributed by atoms with Gasteiger partial charge in [-0.05, 0) is 47.7 Å². The highest BCUT2D eigenvalue weighted by Crippen LogP contribution is 2.39. The summed E-state index contributed by atoms with van der Waals surface area (Å²) in [6, 6.07) is 13.2. The van der Waals surface area contributed by atoms with Gasteiger partial charge in [-0.2, -0.15) is 0 Å². The highest BCUT2D eigenvalue weighted by molar-refractivity contribution is 9.10. The van der Waals surface area contributed by atoms with Crippen molar-refractivity contribution in [2.75, 3.05) is 6.79 Å². The third-order valence-electron chi connectivity index (χ3n) is 3.42. The Labute approximate surface area is 150 Å². The van der Waals surface area contributed by atoms with Crippen molar-refractivity contribution in [3.8, 4) is 11.5 Å². The van der Waals surface area contributed by atoms with Gasteiger partial charge in [0.1, 0.15) is 0 Å². The lowest BCUT2D eigenvalue weighted by Gasteiger charge is -2.02.